The minimum atomic E-state index is 0.559. The Morgan fingerprint density at radius 1 is 1.53 bits per heavy atom. The van der Waals surface area contributed by atoms with Gasteiger partial charge in [0.1, 0.15) is 5.15 Å². The molecular formula is C14H22ClN3O. The van der Waals surface area contributed by atoms with Crippen LogP contribution in [0.4, 0.5) is 0 Å². The number of rotatable bonds is 7. The summed E-state index contributed by atoms with van der Waals surface area (Å²) >= 11 is 5.94. The third-order valence-electron chi connectivity index (χ3n) is 3.41. The molecule has 1 aromatic rings. The Bertz CT molecular complexity index is 383. The van der Waals surface area contributed by atoms with Gasteiger partial charge in [0.05, 0.1) is 12.3 Å². The van der Waals surface area contributed by atoms with Gasteiger partial charge in [0, 0.05) is 32.8 Å². The number of nitrogens with zero attached hydrogens (tertiary/aromatic N) is 2. The molecule has 2 rings (SSSR count). The number of aromatic nitrogens is 1. The van der Waals surface area contributed by atoms with E-state index in [2.05, 4.69) is 15.2 Å². The second-order valence-corrected chi connectivity index (χ2v) is 5.36. The van der Waals surface area contributed by atoms with E-state index in [9.17, 15) is 0 Å². The summed E-state index contributed by atoms with van der Waals surface area (Å²) in [5.74, 6) is 0. The zero-order valence-electron chi connectivity index (χ0n) is 11.4. The Morgan fingerprint density at radius 2 is 2.42 bits per heavy atom. The minimum absolute atomic E-state index is 0.559. The fourth-order valence-electron chi connectivity index (χ4n) is 2.45. The van der Waals surface area contributed by atoms with Crippen LogP contribution in [0.5, 0.6) is 0 Å². The summed E-state index contributed by atoms with van der Waals surface area (Å²) in [5.41, 5.74) is 1.02. The Hall–Kier alpha value is -0.680. The van der Waals surface area contributed by atoms with Crippen molar-refractivity contribution in [3.05, 3.63) is 29.0 Å². The van der Waals surface area contributed by atoms with Gasteiger partial charge in [0.15, 0.2) is 0 Å². The first-order valence-electron chi connectivity index (χ1n) is 6.84. The van der Waals surface area contributed by atoms with Gasteiger partial charge in [0.2, 0.25) is 0 Å². The van der Waals surface area contributed by atoms with Crippen molar-refractivity contribution in [3.8, 4) is 0 Å². The van der Waals surface area contributed by atoms with Gasteiger partial charge >= 0.3 is 0 Å². The van der Waals surface area contributed by atoms with E-state index in [-0.39, 0.29) is 0 Å². The van der Waals surface area contributed by atoms with E-state index in [0.717, 1.165) is 38.5 Å². The van der Waals surface area contributed by atoms with Crippen LogP contribution in [0.25, 0.3) is 0 Å². The van der Waals surface area contributed by atoms with Crippen molar-refractivity contribution in [1.82, 2.24) is 15.2 Å². The molecule has 0 amide bonds. The molecule has 106 valence electrons. The van der Waals surface area contributed by atoms with Crippen LogP contribution in [0.1, 0.15) is 18.5 Å². The molecule has 1 atom stereocenters. The topological polar surface area (TPSA) is 37.4 Å². The van der Waals surface area contributed by atoms with Crippen molar-refractivity contribution < 1.29 is 4.74 Å². The molecule has 1 N–H and O–H groups in total. The molecule has 0 aliphatic carbocycles. The largest absolute Gasteiger partial charge is 0.383 e. The van der Waals surface area contributed by atoms with Crippen LogP contribution in [-0.2, 0) is 11.3 Å². The zero-order chi connectivity index (χ0) is 13.5. The van der Waals surface area contributed by atoms with Gasteiger partial charge in [-0.1, -0.05) is 17.7 Å². The van der Waals surface area contributed by atoms with Gasteiger partial charge in [-0.25, -0.2) is 4.98 Å². The summed E-state index contributed by atoms with van der Waals surface area (Å²) in [5, 5.41) is 4.09. The molecule has 0 aromatic carbocycles. The minimum Gasteiger partial charge on any atom is -0.383 e. The van der Waals surface area contributed by atoms with Crippen LogP contribution in [0, 0.1) is 0 Å². The maximum Gasteiger partial charge on any atom is 0.129 e. The highest BCUT2D eigenvalue weighted by Gasteiger charge is 2.18. The van der Waals surface area contributed by atoms with Gasteiger partial charge in [-0.3, -0.25) is 4.90 Å². The Labute approximate surface area is 120 Å². The van der Waals surface area contributed by atoms with E-state index >= 15 is 0 Å². The summed E-state index contributed by atoms with van der Waals surface area (Å²) in [7, 11) is 1.74. The highest BCUT2D eigenvalue weighted by molar-refractivity contribution is 6.29. The molecule has 1 fully saturated rings. The van der Waals surface area contributed by atoms with Crippen molar-refractivity contribution in [2.45, 2.75) is 25.4 Å². The Morgan fingerprint density at radius 3 is 3.11 bits per heavy atom. The number of nitrogens with one attached hydrogen (secondary N) is 1. The summed E-state index contributed by atoms with van der Waals surface area (Å²) < 4.78 is 5.19. The molecule has 1 aliphatic rings. The molecular weight excluding hydrogens is 262 g/mol. The van der Waals surface area contributed by atoms with Crippen LogP contribution < -0.4 is 5.32 Å². The molecule has 0 spiro atoms. The highest BCUT2D eigenvalue weighted by Crippen LogP contribution is 2.11. The summed E-state index contributed by atoms with van der Waals surface area (Å²) in [4.78, 5) is 6.74. The number of hydrogen-bond donors (Lipinski definition) is 1. The Balaban J connectivity index is 1.92. The first kappa shape index (κ1) is 14.7. The van der Waals surface area contributed by atoms with Crippen molar-refractivity contribution in [2.24, 2.45) is 0 Å². The average molecular weight is 284 g/mol. The fourth-order valence-corrected chi connectivity index (χ4v) is 2.63. The lowest BCUT2D eigenvalue weighted by Crippen LogP contribution is -2.38. The van der Waals surface area contributed by atoms with E-state index in [1.54, 1.807) is 7.11 Å². The van der Waals surface area contributed by atoms with Crippen LogP contribution in [0.3, 0.4) is 0 Å². The fraction of sp³-hybridized carbons (Fsp3) is 0.643. The maximum atomic E-state index is 5.94. The van der Waals surface area contributed by atoms with Crippen molar-refractivity contribution in [2.75, 3.05) is 33.4 Å². The quantitative estimate of drug-likeness (QED) is 0.776. The average Bonchev–Trinajstić information content (AvgIpc) is 2.89. The SMILES string of the molecule is COCCN(Cc1cccc(Cl)n1)CC1CCCN1. The standard InChI is InChI=1S/C14H22ClN3O/c1-19-9-8-18(10-12-5-3-7-16-12)11-13-4-2-6-14(15)17-13/h2,4,6,12,16H,3,5,7-11H2,1H3. The van der Waals surface area contributed by atoms with Gasteiger partial charge in [-0.2, -0.15) is 0 Å². The number of pyridine rings is 1. The van der Waals surface area contributed by atoms with Crippen molar-refractivity contribution >= 4 is 11.6 Å². The van der Waals surface area contributed by atoms with Crippen LogP contribution in [0.15, 0.2) is 18.2 Å². The molecule has 19 heavy (non-hydrogen) atoms. The van der Waals surface area contributed by atoms with Crippen LogP contribution >= 0.6 is 11.6 Å². The molecule has 1 unspecified atom stereocenters. The summed E-state index contributed by atoms with van der Waals surface area (Å²) in [6, 6.07) is 6.38. The molecule has 1 saturated heterocycles. The van der Waals surface area contributed by atoms with E-state index in [1.165, 1.54) is 12.8 Å². The number of hydrogen-bond acceptors (Lipinski definition) is 4. The van der Waals surface area contributed by atoms with E-state index in [4.69, 9.17) is 16.3 Å². The lowest BCUT2D eigenvalue weighted by atomic mass is 10.2. The van der Waals surface area contributed by atoms with E-state index in [0.29, 0.717) is 11.2 Å². The molecule has 2 heterocycles. The first-order valence-corrected chi connectivity index (χ1v) is 7.22. The van der Waals surface area contributed by atoms with Gasteiger partial charge in [-0.05, 0) is 31.5 Å². The predicted molar refractivity (Wildman–Crippen MR) is 77.4 cm³/mol. The smallest absolute Gasteiger partial charge is 0.129 e. The molecule has 1 aliphatic heterocycles. The second-order valence-electron chi connectivity index (χ2n) is 4.97. The van der Waals surface area contributed by atoms with Crippen LogP contribution in [0.2, 0.25) is 5.15 Å². The molecule has 0 saturated carbocycles. The monoisotopic (exact) mass is 283 g/mol. The maximum absolute atomic E-state index is 5.94. The van der Waals surface area contributed by atoms with E-state index < -0.39 is 0 Å². The van der Waals surface area contributed by atoms with Gasteiger partial charge in [0.25, 0.3) is 0 Å². The Kier molecular flexibility index (Phi) is 6.04. The summed E-state index contributed by atoms with van der Waals surface area (Å²) in [6.45, 7) is 4.66. The first-order chi connectivity index (χ1) is 9.28. The molecule has 4 nitrogen and oxygen atoms in total. The third kappa shape index (κ3) is 5.07. The van der Waals surface area contributed by atoms with Crippen LogP contribution in [-0.4, -0.2) is 49.3 Å². The lowest BCUT2D eigenvalue weighted by Gasteiger charge is -2.25. The predicted octanol–water partition coefficient (Wildman–Crippen LogP) is 1.94. The number of methoxy groups -OCH3 is 1. The van der Waals surface area contributed by atoms with Gasteiger partial charge < -0.3 is 10.1 Å². The number of ether oxygens (including phenoxy) is 1. The lowest BCUT2D eigenvalue weighted by molar-refractivity contribution is 0.137. The molecule has 0 radical (unpaired) electrons. The van der Waals surface area contributed by atoms with Crippen molar-refractivity contribution in [1.29, 1.82) is 0 Å². The van der Waals surface area contributed by atoms with Gasteiger partial charge in [-0.15, -0.1) is 0 Å². The molecule has 1 aromatic heterocycles. The molecule has 5 heteroatoms. The van der Waals surface area contributed by atoms with Crippen molar-refractivity contribution in [3.63, 3.8) is 0 Å². The summed E-state index contributed by atoms with van der Waals surface area (Å²) in [6.07, 6.45) is 2.53. The molecule has 0 bridgehead atoms. The highest BCUT2D eigenvalue weighted by atomic mass is 35.5. The van der Waals surface area contributed by atoms with E-state index in [1.807, 2.05) is 18.2 Å². The third-order valence-corrected chi connectivity index (χ3v) is 3.62. The normalized spacial score (nSPS) is 19.2. The number of halogens is 1. The second kappa shape index (κ2) is 7.80. The zero-order valence-corrected chi connectivity index (χ0v) is 12.2.